The summed E-state index contributed by atoms with van der Waals surface area (Å²) in [6.07, 6.45) is -3.25. The predicted octanol–water partition coefficient (Wildman–Crippen LogP) is 3.30. The smallest absolute Gasteiger partial charge is 0.406 e. The molecular formula is C14H10F3N3O. The minimum atomic E-state index is -4.77. The van der Waals surface area contributed by atoms with Crippen LogP contribution in [0.2, 0.25) is 0 Å². The van der Waals surface area contributed by atoms with Gasteiger partial charge in [0.2, 0.25) is 0 Å². The molecule has 0 fully saturated rings. The van der Waals surface area contributed by atoms with Crippen LogP contribution in [0.25, 0.3) is 11.1 Å². The molecule has 1 heterocycles. The van der Waals surface area contributed by atoms with Crippen LogP contribution in [-0.2, 0) is 6.42 Å². The van der Waals surface area contributed by atoms with Crippen LogP contribution >= 0.6 is 0 Å². The van der Waals surface area contributed by atoms with E-state index in [4.69, 9.17) is 11.0 Å². The van der Waals surface area contributed by atoms with Gasteiger partial charge in [-0.2, -0.15) is 5.26 Å². The van der Waals surface area contributed by atoms with Gasteiger partial charge in [-0.05, 0) is 29.3 Å². The van der Waals surface area contributed by atoms with E-state index in [9.17, 15) is 13.2 Å². The van der Waals surface area contributed by atoms with Gasteiger partial charge in [0.25, 0.3) is 0 Å². The number of ether oxygens (including phenoxy) is 1. The van der Waals surface area contributed by atoms with E-state index in [1.807, 2.05) is 6.07 Å². The minimum absolute atomic E-state index is 0.0758. The van der Waals surface area contributed by atoms with Crippen LogP contribution in [0.4, 0.5) is 19.0 Å². The van der Waals surface area contributed by atoms with Gasteiger partial charge in [-0.1, -0.05) is 12.1 Å². The van der Waals surface area contributed by atoms with Crippen molar-refractivity contribution in [2.75, 3.05) is 5.73 Å². The molecule has 1 aromatic heterocycles. The minimum Gasteiger partial charge on any atom is -0.406 e. The Kier molecular flexibility index (Phi) is 3.98. The fourth-order valence-corrected chi connectivity index (χ4v) is 1.93. The Morgan fingerprint density at radius 2 is 2.05 bits per heavy atom. The summed E-state index contributed by atoms with van der Waals surface area (Å²) in [6.45, 7) is 0. The van der Waals surface area contributed by atoms with Gasteiger partial charge in [0.05, 0.1) is 12.5 Å². The number of nitrogen functional groups attached to an aromatic ring is 1. The molecule has 2 N–H and O–H groups in total. The Bertz CT molecular complexity index is 693. The molecule has 1 aromatic carbocycles. The molecule has 21 heavy (non-hydrogen) atoms. The van der Waals surface area contributed by atoms with E-state index in [2.05, 4.69) is 9.72 Å². The van der Waals surface area contributed by atoms with Crippen molar-refractivity contribution in [3.8, 4) is 22.9 Å². The van der Waals surface area contributed by atoms with Gasteiger partial charge in [0.1, 0.15) is 11.6 Å². The lowest BCUT2D eigenvalue weighted by atomic mass is 9.99. The Balaban J connectivity index is 2.48. The number of aromatic nitrogens is 1. The van der Waals surface area contributed by atoms with E-state index in [0.717, 1.165) is 0 Å². The normalized spacial score (nSPS) is 11.0. The lowest BCUT2D eigenvalue weighted by Crippen LogP contribution is -2.17. The van der Waals surface area contributed by atoms with Crippen molar-refractivity contribution in [1.29, 1.82) is 5.26 Å². The lowest BCUT2D eigenvalue weighted by molar-refractivity contribution is -0.274. The average molecular weight is 293 g/mol. The van der Waals surface area contributed by atoms with Crippen molar-refractivity contribution in [2.24, 2.45) is 0 Å². The fraction of sp³-hybridized carbons (Fsp3) is 0.143. The number of benzene rings is 1. The highest BCUT2D eigenvalue weighted by atomic mass is 19.4. The SMILES string of the molecule is N#CCc1ccnc(N)c1-c1cccc(OC(F)(F)F)c1. The van der Waals surface area contributed by atoms with Gasteiger partial charge in [-0.25, -0.2) is 4.98 Å². The molecular weight excluding hydrogens is 283 g/mol. The summed E-state index contributed by atoms with van der Waals surface area (Å²) in [6, 6.07) is 8.98. The predicted molar refractivity (Wildman–Crippen MR) is 70.1 cm³/mol. The first-order valence-electron chi connectivity index (χ1n) is 5.87. The van der Waals surface area contributed by atoms with Crippen molar-refractivity contribution in [2.45, 2.75) is 12.8 Å². The Hall–Kier alpha value is -2.75. The average Bonchev–Trinajstić information content (AvgIpc) is 2.37. The zero-order valence-corrected chi connectivity index (χ0v) is 10.7. The van der Waals surface area contributed by atoms with Crippen LogP contribution in [0, 0.1) is 11.3 Å². The molecule has 2 rings (SSSR count). The molecule has 0 aliphatic heterocycles. The second kappa shape index (κ2) is 5.71. The molecule has 0 aliphatic rings. The fourth-order valence-electron chi connectivity index (χ4n) is 1.93. The monoisotopic (exact) mass is 293 g/mol. The summed E-state index contributed by atoms with van der Waals surface area (Å²) >= 11 is 0. The van der Waals surface area contributed by atoms with E-state index in [1.165, 1.54) is 24.4 Å². The van der Waals surface area contributed by atoms with Crippen LogP contribution in [0.5, 0.6) is 5.75 Å². The molecule has 2 aromatic rings. The number of halogens is 3. The number of nitrogens with two attached hydrogens (primary N) is 1. The second-order valence-electron chi connectivity index (χ2n) is 4.14. The third kappa shape index (κ3) is 3.63. The Labute approximate surface area is 118 Å². The molecule has 0 amide bonds. The van der Waals surface area contributed by atoms with Crippen LogP contribution in [0.3, 0.4) is 0 Å². The molecule has 0 atom stereocenters. The summed E-state index contributed by atoms with van der Waals surface area (Å²) in [5, 5.41) is 8.80. The molecule has 7 heteroatoms. The molecule has 4 nitrogen and oxygen atoms in total. The standard InChI is InChI=1S/C14H10F3N3O/c15-14(16,17)21-11-3-1-2-10(8-11)12-9(4-6-18)5-7-20-13(12)19/h1-3,5,7-8H,4H2,(H2,19,20). The van der Waals surface area contributed by atoms with Crippen molar-refractivity contribution in [3.05, 3.63) is 42.1 Å². The largest absolute Gasteiger partial charge is 0.573 e. The van der Waals surface area contributed by atoms with Crippen molar-refractivity contribution in [3.63, 3.8) is 0 Å². The first-order valence-corrected chi connectivity index (χ1v) is 5.87. The van der Waals surface area contributed by atoms with Gasteiger partial charge in [0, 0.05) is 11.8 Å². The van der Waals surface area contributed by atoms with Gasteiger partial charge in [0.15, 0.2) is 0 Å². The quantitative estimate of drug-likeness (QED) is 0.942. The number of nitriles is 1. The number of hydrogen-bond donors (Lipinski definition) is 1. The molecule has 0 saturated heterocycles. The van der Waals surface area contributed by atoms with Gasteiger partial charge in [-0.15, -0.1) is 13.2 Å². The number of nitrogens with zero attached hydrogens (tertiary/aromatic N) is 2. The van der Waals surface area contributed by atoms with Gasteiger partial charge >= 0.3 is 6.36 Å². The van der Waals surface area contributed by atoms with Crippen LogP contribution < -0.4 is 10.5 Å². The molecule has 0 aliphatic carbocycles. The third-order valence-electron chi connectivity index (χ3n) is 2.69. The Morgan fingerprint density at radius 3 is 2.71 bits per heavy atom. The van der Waals surface area contributed by atoms with E-state index < -0.39 is 6.36 Å². The topological polar surface area (TPSA) is 71.9 Å². The number of alkyl halides is 3. The summed E-state index contributed by atoms with van der Waals surface area (Å²) in [4.78, 5) is 3.91. The molecule has 108 valence electrons. The van der Waals surface area contributed by atoms with E-state index >= 15 is 0 Å². The number of hydrogen-bond acceptors (Lipinski definition) is 4. The lowest BCUT2D eigenvalue weighted by Gasteiger charge is -2.12. The van der Waals surface area contributed by atoms with Crippen LogP contribution in [-0.4, -0.2) is 11.3 Å². The van der Waals surface area contributed by atoms with Gasteiger partial charge < -0.3 is 10.5 Å². The van der Waals surface area contributed by atoms with Crippen molar-refractivity contribution >= 4 is 5.82 Å². The highest BCUT2D eigenvalue weighted by Crippen LogP contribution is 2.32. The molecule has 0 saturated carbocycles. The zero-order valence-electron chi connectivity index (χ0n) is 10.7. The maximum atomic E-state index is 12.3. The highest BCUT2D eigenvalue weighted by Gasteiger charge is 2.31. The maximum Gasteiger partial charge on any atom is 0.573 e. The first kappa shape index (κ1) is 14.7. The molecule has 0 spiro atoms. The van der Waals surface area contributed by atoms with Crippen LogP contribution in [0.15, 0.2) is 36.5 Å². The van der Waals surface area contributed by atoms with Crippen LogP contribution in [0.1, 0.15) is 5.56 Å². The van der Waals surface area contributed by atoms with E-state index in [1.54, 1.807) is 12.1 Å². The number of anilines is 1. The second-order valence-corrected chi connectivity index (χ2v) is 4.14. The number of pyridine rings is 1. The molecule has 0 radical (unpaired) electrons. The van der Waals surface area contributed by atoms with E-state index in [0.29, 0.717) is 16.7 Å². The van der Waals surface area contributed by atoms with Crippen molar-refractivity contribution in [1.82, 2.24) is 4.98 Å². The van der Waals surface area contributed by atoms with E-state index in [-0.39, 0.29) is 18.0 Å². The summed E-state index contributed by atoms with van der Waals surface area (Å²) in [5.74, 6) is -0.210. The Morgan fingerprint density at radius 1 is 1.29 bits per heavy atom. The maximum absolute atomic E-state index is 12.3. The number of rotatable bonds is 3. The summed E-state index contributed by atoms with van der Waals surface area (Å²) in [5.41, 5.74) is 7.22. The third-order valence-corrected chi connectivity index (χ3v) is 2.69. The van der Waals surface area contributed by atoms with Gasteiger partial charge in [-0.3, -0.25) is 0 Å². The molecule has 0 bridgehead atoms. The zero-order chi connectivity index (χ0) is 15.5. The van der Waals surface area contributed by atoms with Crippen molar-refractivity contribution < 1.29 is 17.9 Å². The molecule has 0 unspecified atom stereocenters. The highest BCUT2D eigenvalue weighted by molar-refractivity contribution is 5.78. The summed E-state index contributed by atoms with van der Waals surface area (Å²) < 4.78 is 40.6. The summed E-state index contributed by atoms with van der Waals surface area (Å²) in [7, 11) is 0. The first-order chi connectivity index (χ1) is 9.90.